The van der Waals surface area contributed by atoms with E-state index in [2.05, 4.69) is 20.2 Å². The van der Waals surface area contributed by atoms with Crippen LogP contribution in [-0.4, -0.2) is 31.7 Å². The van der Waals surface area contributed by atoms with Crippen molar-refractivity contribution in [3.63, 3.8) is 0 Å². The molecule has 0 amide bonds. The lowest BCUT2D eigenvalue weighted by molar-refractivity contribution is 0.404. The van der Waals surface area contributed by atoms with Crippen LogP contribution in [0.5, 0.6) is 5.75 Å². The number of rotatable bonds is 5. The fourth-order valence-corrected chi connectivity index (χ4v) is 3.06. The van der Waals surface area contributed by atoms with Crippen molar-refractivity contribution in [2.24, 2.45) is 0 Å². The second kappa shape index (κ2) is 6.87. The molecule has 0 aliphatic heterocycles. The van der Waals surface area contributed by atoms with Crippen molar-refractivity contribution in [2.75, 3.05) is 7.11 Å². The Balaban J connectivity index is 1.68. The molecule has 0 aliphatic carbocycles. The summed E-state index contributed by atoms with van der Waals surface area (Å²) < 4.78 is 21.3. The van der Waals surface area contributed by atoms with E-state index in [0.29, 0.717) is 24.2 Å². The third-order valence-corrected chi connectivity index (χ3v) is 4.34. The Bertz CT molecular complexity index is 1050. The van der Waals surface area contributed by atoms with Gasteiger partial charge in [0.25, 0.3) is 0 Å². The van der Waals surface area contributed by atoms with Crippen LogP contribution >= 0.6 is 0 Å². The summed E-state index contributed by atoms with van der Waals surface area (Å²) in [5.41, 5.74) is 4.04. The SMILES string of the molecule is COc1cccc(F)c1CCc1ccc(-c2cncnc2)c2nncn12. The summed E-state index contributed by atoms with van der Waals surface area (Å²) in [5, 5.41) is 8.25. The van der Waals surface area contributed by atoms with Crippen LogP contribution in [0.4, 0.5) is 4.39 Å². The minimum atomic E-state index is -0.262. The van der Waals surface area contributed by atoms with Crippen molar-refractivity contribution < 1.29 is 9.13 Å². The molecule has 4 rings (SSSR count). The van der Waals surface area contributed by atoms with Crippen molar-refractivity contribution in [3.05, 3.63) is 72.5 Å². The van der Waals surface area contributed by atoms with Crippen LogP contribution in [0.15, 0.2) is 55.4 Å². The number of fused-ring (bicyclic) bond motifs is 1. The van der Waals surface area contributed by atoms with E-state index in [1.165, 1.54) is 12.4 Å². The number of ether oxygens (including phenoxy) is 1. The van der Waals surface area contributed by atoms with Crippen molar-refractivity contribution in [2.45, 2.75) is 12.8 Å². The van der Waals surface area contributed by atoms with E-state index in [1.54, 1.807) is 38.0 Å². The topological polar surface area (TPSA) is 65.2 Å². The molecule has 0 bridgehead atoms. The molecule has 4 aromatic rings. The van der Waals surface area contributed by atoms with Gasteiger partial charge in [0.15, 0.2) is 5.65 Å². The first kappa shape index (κ1) is 16.1. The first-order valence-electron chi connectivity index (χ1n) is 8.16. The largest absolute Gasteiger partial charge is 0.496 e. The number of hydrogen-bond donors (Lipinski definition) is 0. The summed E-state index contributed by atoms with van der Waals surface area (Å²) in [6, 6.07) is 8.82. The van der Waals surface area contributed by atoms with Gasteiger partial charge in [-0.05, 0) is 37.1 Å². The Morgan fingerprint density at radius 2 is 1.92 bits per heavy atom. The fraction of sp³-hybridized carbons (Fsp3) is 0.158. The number of hydrogen-bond acceptors (Lipinski definition) is 5. The molecule has 0 spiro atoms. The van der Waals surface area contributed by atoms with Crippen molar-refractivity contribution in [3.8, 4) is 16.9 Å². The number of aromatic nitrogens is 5. The van der Waals surface area contributed by atoms with Crippen LogP contribution in [0.3, 0.4) is 0 Å². The van der Waals surface area contributed by atoms with Crippen molar-refractivity contribution in [1.29, 1.82) is 0 Å². The molecule has 0 unspecified atom stereocenters. The third kappa shape index (κ3) is 2.88. The van der Waals surface area contributed by atoms with Gasteiger partial charge in [-0.25, -0.2) is 14.4 Å². The van der Waals surface area contributed by atoms with Gasteiger partial charge in [0, 0.05) is 34.8 Å². The van der Waals surface area contributed by atoms with Crippen LogP contribution in [0.25, 0.3) is 16.8 Å². The van der Waals surface area contributed by atoms with E-state index in [9.17, 15) is 4.39 Å². The molecule has 1 aromatic carbocycles. The number of benzene rings is 1. The monoisotopic (exact) mass is 349 g/mol. The zero-order chi connectivity index (χ0) is 17.9. The van der Waals surface area contributed by atoms with Crippen molar-refractivity contribution in [1.82, 2.24) is 24.6 Å². The van der Waals surface area contributed by atoms with Gasteiger partial charge in [-0.3, -0.25) is 4.40 Å². The molecule has 7 heteroatoms. The predicted octanol–water partition coefficient (Wildman–Crippen LogP) is 3.12. The predicted molar refractivity (Wildman–Crippen MR) is 94.4 cm³/mol. The highest BCUT2D eigenvalue weighted by Crippen LogP contribution is 2.26. The highest BCUT2D eigenvalue weighted by Gasteiger charge is 2.13. The zero-order valence-electron chi connectivity index (χ0n) is 14.1. The summed E-state index contributed by atoms with van der Waals surface area (Å²) in [4.78, 5) is 8.11. The summed E-state index contributed by atoms with van der Waals surface area (Å²) in [7, 11) is 1.55. The quantitative estimate of drug-likeness (QED) is 0.554. The Hall–Kier alpha value is -3.35. The standard InChI is InChI=1S/C19H16FN5O/c1-26-18-4-2-3-17(20)16(18)8-6-14-5-7-15(13-9-21-11-22-10-13)19-24-23-12-25(14)19/h2-5,7,9-12H,6,8H2,1H3. The van der Waals surface area contributed by atoms with Gasteiger partial charge in [-0.15, -0.1) is 10.2 Å². The van der Waals surface area contributed by atoms with Gasteiger partial charge in [-0.1, -0.05) is 6.07 Å². The van der Waals surface area contributed by atoms with E-state index in [4.69, 9.17) is 4.74 Å². The molecule has 0 saturated heterocycles. The van der Waals surface area contributed by atoms with Gasteiger partial charge in [-0.2, -0.15) is 0 Å². The Morgan fingerprint density at radius 3 is 2.73 bits per heavy atom. The zero-order valence-corrected chi connectivity index (χ0v) is 14.1. The third-order valence-electron chi connectivity index (χ3n) is 4.34. The number of pyridine rings is 1. The molecule has 0 radical (unpaired) electrons. The fourth-order valence-electron chi connectivity index (χ4n) is 3.06. The van der Waals surface area contributed by atoms with Gasteiger partial charge in [0.05, 0.1) is 7.11 Å². The molecule has 130 valence electrons. The average molecular weight is 349 g/mol. The number of aryl methyl sites for hydroxylation is 1. The maximum atomic E-state index is 14.2. The molecular formula is C19H16FN5O. The second-order valence-corrected chi connectivity index (χ2v) is 5.81. The minimum absolute atomic E-state index is 0.262. The van der Waals surface area contributed by atoms with E-state index >= 15 is 0 Å². The molecule has 0 saturated carbocycles. The van der Waals surface area contributed by atoms with E-state index in [0.717, 1.165) is 22.5 Å². The van der Waals surface area contributed by atoms with E-state index < -0.39 is 0 Å². The normalized spacial score (nSPS) is 11.0. The van der Waals surface area contributed by atoms with Crippen molar-refractivity contribution >= 4 is 5.65 Å². The van der Waals surface area contributed by atoms with Crippen LogP contribution in [0, 0.1) is 5.82 Å². The van der Waals surface area contributed by atoms with E-state index in [1.807, 2.05) is 16.5 Å². The molecule has 0 atom stereocenters. The molecular weight excluding hydrogens is 333 g/mol. The Kier molecular flexibility index (Phi) is 4.27. The lowest BCUT2D eigenvalue weighted by atomic mass is 10.0. The van der Waals surface area contributed by atoms with Crippen LogP contribution in [0.1, 0.15) is 11.3 Å². The molecule has 6 nitrogen and oxygen atoms in total. The van der Waals surface area contributed by atoms with Crippen LogP contribution in [0.2, 0.25) is 0 Å². The number of halogens is 1. The first-order chi connectivity index (χ1) is 12.8. The molecule has 0 aliphatic rings. The Morgan fingerprint density at radius 1 is 1.08 bits per heavy atom. The number of methoxy groups -OCH3 is 1. The molecule has 26 heavy (non-hydrogen) atoms. The lowest BCUT2D eigenvalue weighted by Gasteiger charge is -2.11. The summed E-state index contributed by atoms with van der Waals surface area (Å²) in [6.45, 7) is 0. The van der Waals surface area contributed by atoms with Gasteiger partial charge in [0.2, 0.25) is 0 Å². The second-order valence-electron chi connectivity index (χ2n) is 5.81. The van der Waals surface area contributed by atoms with E-state index in [-0.39, 0.29) is 5.82 Å². The lowest BCUT2D eigenvalue weighted by Crippen LogP contribution is -2.03. The van der Waals surface area contributed by atoms with Gasteiger partial charge >= 0.3 is 0 Å². The molecule has 3 aromatic heterocycles. The molecule has 0 fully saturated rings. The summed E-state index contributed by atoms with van der Waals surface area (Å²) in [5.74, 6) is 0.297. The number of nitrogens with zero attached hydrogens (tertiary/aromatic N) is 5. The van der Waals surface area contributed by atoms with Gasteiger partial charge < -0.3 is 4.74 Å². The maximum Gasteiger partial charge on any atom is 0.168 e. The summed E-state index contributed by atoms with van der Waals surface area (Å²) >= 11 is 0. The maximum absolute atomic E-state index is 14.2. The smallest absolute Gasteiger partial charge is 0.168 e. The Labute approximate surface area is 149 Å². The highest BCUT2D eigenvalue weighted by molar-refractivity contribution is 5.76. The highest BCUT2D eigenvalue weighted by atomic mass is 19.1. The van der Waals surface area contributed by atoms with Crippen LogP contribution in [-0.2, 0) is 12.8 Å². The molecule has 0 N–H and O–H groups in total. The first-order valence-corrected chi connectivity index (χ1v) is 8.16. The minimum Gasteiger partial charge on any atom is -0.496 e. The van der Waals surface area contributed by atoms with Crippen LogP contribution < -0.4 is 4.74 Å². The average Bonchev–Trinajstić information content (AvgIpc) is 3.17. The molecule has 3 heterocycles. The van der Waals surface area contributed by atoms with Gasteiger partial charge in [0.1, 0.15) is 24.2 Å². The summed E-state index contributed by atoms with van der Waals surface area (Å²) in [6.07, 6.45) is 7.76.